The summed E-state index contributed by atoms with van der Waals surface area (Å²) in [6.07, 6.45) is 4.99. The smallest absolute Gasteiger partial charge is 0.332 e. The number of imidazole rings is 1. The molecule has 3 aromatic rings. The summed E-state index contributed by atoms with van der Waals surface area (Å²) in [4.78, 5) is 50.7. The van der Waals surface area contributed by atoms with Crippen molar-refractivity contribution in [1.82, 2.24) is 28.7 Å². The van der Waals surface area contributed by atoms with E-state index in [0.29, 0.717) is 23.5 Å². The molecule has 3 aromatic heterocycles. The van der Waals surface area contributed by atoms with Crippen LogP contribution in [0.5, 0.6) is 0 Å². The maximum atomic E-state index is 12.6. The fourth-order valence-electron chi connectivity index (χ4n) is 2.80. The lowest BCUT2D eigenvalue weighted by molar-refractivity contribution is -0.142. The molecule has 0 amide bonds. The third kappa shape index (κ3) is 3.77. The van der Waals surface area contributed by atoms with Crippen LogP contribution in [-0.4, -0.2) is 54.8 Å². The summed E-state index contributed by atoms with van der Waals surface area (Å²) in [5.41, 5.74) is -0.177. The van der Waals surface area contributed by atoms with E-state index >= 15 is 0 Å². The SMILES string of the molecule is CN(CC(=O)OCCCn1c(=O)c2c(ncn2C)n(C)c1=O)c1ncccn1. The highest BCUT2D eigenvalue weighted by Crippen LogP contribution is 2.04. The van der Waals surface area contributed by atoms with Crippen LogP contribution in [0.4, 0.5) is 5.95 Å². The van der Waals surface area contributed by atoms with Gasteiger partial charge in [-0.3, -0.25) is 18.7 Å². The quantitative estimate of drug-likeness (QED) is 0.386. The summed E-state index contributed by atoms with van der Waals surface area (Å²) in [6, 6.07) is 1.69. The number of esters is 1. The molecule has 0 atom stereocenters. The number of hydrogen-bond donors (Lipinski definition) is 0. The molecule has 0 unspecified atom stereocenters. The standard InChI is InChI=1S/C17H21N7O4/c1-21(16-18-6-4-7-19-16)10-12(25)28-9-5-8-24-15(26)13-14(20-11-22(13)2)23(3)17(24)27/h4,6-7,11H,5,8-10H2,1-3H3. The zero-order chi connectivity index (χ0) is 20.3. The van der Waals surface area contributed by atoms with Crippen molar-refractivity contribution in [1.29, 1.82) is 0 Å². The van der Waals surface area contributed by atoms with Crippen molar-refractivity contribution in [3.05, 3.63) is 45.6 Å². The van der Waals surface area contributed by atoms with Crippen LogP contribution in [0.15, 0.2) is 34.4 Å². The lowest BCUT2D eigenvalue weighted by atomic mass is 10.4. The van der Waals surface area contributed by atoms with E-state index in [-0.39, 0.29) is 19.7 Å². The topological polar surface area (TPSA) is 117 Å². The Bertz CT molecular complexity index is 1100. The molecule has 0 bridgehead atoms. The molecule has 0 spiro atoms. The zero-order valence-electron chi connectivity index (χ0n) is 15.9. The largest absolute Gasteiger partial charge is 0.464 e. The van der Waals surface area contributed by atoms with Gasteiger partial charge in [-0.15, -0.1) is 0 Å². The molecule has 3 rings (SSSR count). The Balaban J connectivity index is 1.58. The van der Waals surface area contributed by atoms with Crippen LogP contribution in [-0.2, 0) is 30.2 Å². The Labute approximate surface area is 159 Å². The van der Waals surface area contributed by atoms with Crippen LogP contribution >= 0.6 is 0 Å². The highest BCUT2D eigenvalue weighted by atomic mass is 16.5. The molecule has 0 aliphatic heterocycles. The number of ether oxygens (including phenoxy) is 1. The number of aryl methyl sites for hydroxylation is 2. The average Bonchev–Trinajstić information content (AvgIpc) is 3.08. The molecule has 0 aliphatic rings. The maximum Gasteiger partial charge on any atom is 0.332 e. The summed E-state index contributed by atoms with van der Waals surface area (Å²) in [5.74, 6) is -0.0312. The molecule has 0 aliphatic carbocycles. The number of nitrogens with zero attached hydrogens (tertiary/aromatic N) is 7. The molecule has 28 heavy (non-hydrogen) atoms. The fourth-order valence-corrected chi connectivity index (χ4v) is 2.80. The van der Waals surface area contributed by atoms with E-state index in [9.17, 15) is 14.4 Å². The van der Waals surface area contributed by atoms with Gasteiger partial charge in [-0.05, 0) is 12.5 Å². The zero-order valence-corrected chi connectivity index (χ0v) is 15.9. The van der Waals surface area contributed by atoms with E-state index < -0.39 is 17.2 Å². The maximum absolute atomic E-state index is 12.6. The first-order valence-corrected chi connectivity index (χ1v) is 8.64. The summed E-state index contributed by atoms with van der Waals surface area (Å²) in [6.45, 7) is 0.214. The van der Waals surface area contributed by atoms with Gasteiger partial charge in [0.05, 0.1) is 12.9 Å². The Hall–Kier alpha value is -3.50. The summed E-state index contributed by atoms with van der Waals surface area (Å²) >= 11 is 0. The fraction of sp³-hybridized carbons (Fsp3) is 0.412. The third-order valence-electron chi connectivity index (χ3n) is 4.25. The molecule has 0 aromatic carbocycles. The van der Waals surface area contributed by atoms with Crippen molar-refractivity contribution in [2.24, 2.45) is 14.1 Å². The molecule has 0 N–H and O–H groups in total. The number of aromatic nitrogens is 6. The monoisotopic (exact) mass is 387 g/mol. The lowest BCUT2D eigenvalue weighted by Crippen LogP contribution is -2.40. The molecule has 0 saturated heterocycles. The highest BCUT2D eigenvalue weighted by Gasteiger charge is 2.15. The molecule has 148 valence electrons. The number of anilines is 1. The Kier molecular flexibility index (Phi) is 5.52. The highest BCUT2D eigenvalue weighted by molar-refractivity contribution is 5.74. The minimum absolute atomic E-state index is 0.00724. The van der Waals surface area contributed by atoms with Crippen molar-refractivity contribution in [3.8, 4) is 0 Å². The predicted octanol–water partition coefficient (Wildman–Crippen LogP) is -0.707. The second-order valence-corrected chi connectivity index (χ2v) is 6.30. The first kappa shape index (κ1) is 19.3. The van der Waals surface area contributed by atoms with Crippen LogP contribution in [0, 0.1) is 0 Å². The molecule has 3 heterocycles. The molecule has 0 fully saturated rings. The number of hydrogen-bond acceptors (Lipinski definition) is 8. The minimum Gasteiger partial charge on any atom is -0.464 e. The van der Waals surface area contributed by atoms with Gasteiger partial charge in [0.2, 0.25) is 5.95 Å². The second-order valence-electron chi connectivity index (χ2n) is 6.30. The van der Waals surface area contributed by atoms with E-state index in [1.54, 1.807) is 49.1 Å². The average molecular weight is 387 g/mol. The predicted molar refractivity (Wildman–Crippen MR) is 101 cm³/mol. The lowest BCUT2D eigenvalue weighted by Gasteiger charge is -2.15. The van der Waals surface area contributed by atoms with Gasteiger partial charge in [-0.2, -0.15) is 0 Å². The van der Waals surface area contributed by atoms with Gasteiger partial charge in [0, 0.05) is 40.1 Å². The van der Waals surface area contributed by atoms with E-state index in [2.05, 4.69) is 15.0 Å². The second kappa shape index (κ2) is 8.03. The van der Waals surface area contributed by atoms with Gasteiger partial charge in [0.25, 0.3) is 5.56 Å². The summed E-state index contributed by atoms with van der Waals surface area (Å²) in [7, 11) is 4.94. The first-order valence-electron chi connectivity index (χ1n) is 8.64. The molecule has 11 heteroatoms. The first-order chi connectivity index (χ1) is 13.4. The number of carbonyl (C=O) groups is 1. The van der Waals surface area contributed by atoms with Gasteiger partial charge in [-0.1, -0.05) is 0 Å². The molecule has 0 radical (unpaired) electrons. The number of carbonyl (C=O) groups excluding carboxylic acids is 1. The van der Waals surface area contributed by atoms with Crippen molar-refractivity contribution in [3.63, 3.8) is 0 Å². The molecule has 0 saturated carbocycles. The van der Waals surface area contributed by atoms with Crippen LogP contribution < -0.4 is 16.1 Å². The van der Waals surface area contributed by atoms with Crippen molar-refractivity contribution in [2.45, 2.75) is 13.0 Å². The van der Waals surface area contributed by atoms with Crippen LogP contribution in [0.25, 0.3) is 11.2 Å². The van der Waals surface area contributed by atoms with E-state index in [0.717, 1.165) is 4.57 Å². The Morgan fingerprint density at radius 3 is 2.61 bits per heavy atom. The van der Waals surface area contributed by atoms with Crippen molar-refractivity contribution < 1.29 is 9.53 Å². The van der Waals surface area contributed by atoms with Gasteiger partial charge < -0.3 is 14.2 Å². The van der Waals surface area contributed by atoms with Crippen LogP contribution in [0.2, 0.25) is 0 Å². The Morgan fingerprint density at radius 1 is 1.18 bits per heavy atom. The molecular weight excluding hydrogens is 366 g/mol. The normalized spacial score (nSPS) is 11.0. The van der Waals surface area contributed by atoms with Crippen molar-refractivity contribution in [2.75, 3.05) is 25.1 Å². The van der Waals surface area contributed by atoms with Crippen molar-refractivity contribution >= 4 is 23.1 Å². The van der Waals surface area contributed by atoms with E-state index in [1.807, 2.05) is 0 Å². The minimum atomic E-state index is -0.455. The van der Waals surface area contributed by atoms with Gasteiger partial charge in [0.1, 0.15) is 6.54 Å². The van der Waals surface area contributed by atoms with Gasteiger partial charge in [0.15, 0.2) is 11.2 Å². The van der Waals surface area contributed by atoms with Crippen LogP contribution in [0.3, 0.4) is 0 Å². The molecular formula is C17H21N7O4. The number of fused-ring (bicyclic) bond motifs is 1. The van der Waals surface area contributed by atoms with Crippen LogP contribution in [0.1, 0.15) is 6.42 Å². The van der Waals surface area contributed by atoms with Gasteiger partial charge >= 0.3 is 11.7 Å². The van der Waals surface area contributed by atoms with E-state index in [1.165, 1.54) is 10.9 Å². The molecule has 11 nitrogen and oxygen atoms in total. The summed E-state index contributed by atoms with van der Waals surface area (Å²) in [5, 5.41) is 0. The number of rotatable bonds is 7. The third-order valence-corrected chi connectivity index (χ3v) is 4.25. The summed E-state index contributed by atoms with van der Waals surface area (Å²) < 4.78 is 9.22. The van der Waals surface area contributed by atoms with E-state index in [4.69, 9.17) is 4.74 Å². The van der Waals surface area contributed by atoms with Gasteiger partial charge in [-0.25, -0.2) is 19.7 Å². The Morgan fingerprint density at radius 2 is 1.89 bits per heavy atom. The number of likely N-dealkylation sites (N-methyl/N-ethyl adjacent to an activating group) is 1.